The number of hydrogen-bond acceptors (Lipinski definition) is 6. The molecule has 0 aliphatic carbocycles. The van der Waals surface area contributed by atoms with Gasteiger partial charge in [0.05, 0.1) is 6.33 Å². The van der Waals surface area contributed by atoms with E-state index in [4.69, 9.17) is 14.9 Å². The van der Waals surface area contributed by atoms with E-state index in [1.54, 1.807) is 30.6 Å². The average Bonchev–Trinajstić information content (AvgIpc) is 3.04. The largest absolute Gasteiger partial charge is 0.489 e. The molecule has 24 heavy (non-hydrogen) atoms. The molecule has 0 aliphatic rings. The minimum atomic E-state index is 0.0970. The van der Waals surface area contributed by atoms with Gasteiger partial charge in [-0.05, 0) is 29.8 Å². The van der Waals surface area contributed by atoms with Crippen LogP contribution in [0.15, 0.2) is 59.0 Å². The minimum absolute atomic E-state index is 0.0970. The van der Waals surface area contributed by atoms with Gasteiger partial charge in [0, 0.05) is 37.1 Å². The highest BCUT2D eigenvalue weighted by molar-refractivity contribution is 5.76. The number of benzene rings is 1. The van der Waals surface area contributed by atoms with Gasteiger partial charge in [0.15, 0.2) is 5.58 Å². The molecule has 0 amide bonds. The normalized spacial score (nSPS) is 11.7. The van der Waals surface area contributed by atoms with Crippen LogP contribution in [0.4, 0.5) is 10.4 Å². The number of oxazole rings is 1. The summed E-state index contributed by atoms with van der Waals surface area (Å²) in [5.41, 5.74) is 8.14. The highest BCUT2D eigenvalue weighted by Crippen LogP contribution is 2.24. The second-order valence-electron chi connectivity index (χ2n) is 5.12. The fourth-order valence-corrected chi connectivity index (χ4v) is 2.06. The third-order valence-corrected chi connectivity index (χ3v) is 3.39. The number of halogens is 1. The fourth-order valence-electron chi connectivity index (χ4n) is 2.06. The van der Waals surface area contributed by atoms with E-state index in [0.29, 0.717) is 41.3 Å². The summed E-state index contributed by atoms with van der Waals surface area (Å²) in [5, 5.41) is 3.12. The molecule has 1 aromatic carbocycles. The molecule has 0 radical (unpaired) electrons. The molecular weight excluding hydrogens is 311 g/mol. The van der Waals surface area contributed by atoms with Crippen molar-refractivity contribution in [3.05, 3.63) is 60.2 Å². The van der Waals surface area contributed by atoms with Crippen LogP contribution in [0.5, 0.6) is 5.75 Å². The molecule has 2 heterocycles. The molecule has 0 spiro atoms. The number of nitrogens with one attached hydrogen (secondary N) is 1. The van der Waals surface area contributed by atoms with Gasteiger partial charge in [0.25, 0.3) is 6.01 Å². The maximum atomic E-state index is 12.5. The Morgan fingerprint density at radius 3 is 2.88 bits per heavy atom. The monoisotopic (exact) mass is 328 g/mol. The second-order valence-corrected chi connectivity index (χ2v) is 5.12. The van der Waals surface area contributed by atoms with E-state index in [1.165, 1.54) is 0 Å². The molecule has 2 aromatic heterocycles. The van der Waals surface area contributed by atoms with Crippen molar-refractivity contribution in [1.29, 1.82) is 0 Å². The Balaban J connectivity index is 1.67. The number of fused-ring (bicyclic) bond motifs is 1. The van der Waals surface area contributed by atoms with E-state index in [0.717, 1.165) is 5.56 Å². The first kappa shape index (κ1) is 15.9. The van der Waals surface area contributed by atoms with Gasteiger partial charge in [-0.25, -0.2) is 4.39 Å². The second kappa shape index (κ2) is 7.56. The first-order valence-electron chi connectivity index (χ1n) is 7.43. The van der Waals surface area contributed by atoms with Crippen molar-refractivity contribution in [2.45, 2.75) is 6.54 Å². The molecular formula is C17H17FN4O2. The SMILES string of the molecule is NC/C(=C/F)COc1ccc2nc(NCc3ccncc3)oc2c1. The summed E-state index contributed by atoms with van der Waals surface area (Å²) in [5.74, 6) is 0.562. The van der Waals surface area contributed by atoms with Gasteiger partial charge in [-0.15, -0.1) is 0 Å². The van der Waals surface area contributed by atoms with Gasteiger partial charge in [-0.3, -0.25) is 4.98 Å². The summed E-state index contributed by atoms with van der Waals surface area (Å²) in [6, 6.07) is 9.50. The van der Waals surface area contributed by atoms with E-state index in [-0.39, 0.29) is 13.2 Å². The van der Waals surface area contributed by atoms with Gasteiger partial charge in [-0.2, -0.15) is 4.98 Å². The van der Waals surface area contributed by atoms with Crippen molar-refractivity contribution in [3.63, 3.8) is 0 Å². The topological polar surface area (TPSA) is 86.2 Å². The predicted molar refractivity (Wildman–Crippen MR) is 89.3 cm³/mol. The highest BCUT2D eigenvalue weighted by atomic mass is 19.1. The molecule has 124 valence electrons. The molecule has 0 saturated heterocycles. The zero-order chi connectivity index (χ0) is 16.8. The number of aromatic nitrogens is 2. The van der Waals surface area contributed by atoms with Crippen molar-refractivity contribution < 1.29 is 13.5 Å². The number of nitrogens with zero attached hydrogens (tertiary/aromatic N) is 2. The van der Waals surface area contributed by atoms with E-state index < -0.39 is 0 Å². The van der Waals surface area contributed by atoms with E-state index in [9.17, 15) is 4.39 Å². The number of pyridine rings is 1. The average molecular weight is 328 g/mol. The lowest BCUT2D eigenvalue weighted by Gasteiger charge is -2.06. The molecule has 3 rings (SSSR count). The lowest BCUT2D eigenvalue weighted by molar-refractivity contribution is 0.347. The lowest BCUT2D eigenvalue weighted by Crippen LogP contribution is -2.10. The Morgan fingerprint density at radius 1 is 1.29 bits per heavy atom. The van der Waals surface area contributed by atoms with Crippen molar-refractivity contribution in [2.24, 2.45) is 5.73 Å². The third kappa shape index (κ3) is 3.88. The minimum Gasteiger partial charge on any atom is -0.489 e. The molecule has 3 aromatic rings. The van der Waals surface area contributed by atoms with Crippen LogP contribution < -0.4 is 15.8 Å². The number of ether oxygens (including phenoxy) is 1. The molecule has 7 heteroatoms. The van der Waals surface area contributed by atoms with E-state index in [2.05, 4.69) is 15.3 Å². The number of rotatable bonds is 7. The van der Waals surface area contributed by atoms with Gasteiger partial charge < -0.3 is 20.2 Å². The standard InChI is InChI=1S/C17H17FN4O2/c18-8-13(9-19)11-23-14-1-2-15-16(7-14)24-17(22-15)21-10-12-3-5-20-6-4-12/h1-8H,9-11,19H2,(H,21,22)/b13-8-. The zero-order valence-electron chi connectivity index (χ0n) is 12.9. The van der Waals surface area contributed by atoms with Crippen LogP contribution in [-0.2, 0) is 6.54 Å². The number of hydrogen-bond donors (Lipinski definition) is 2. The Kier molecular flexibility index (Phi) is 5.02. The zero-order valence-corrected chi connectivity index (χ0v) is 12.9. The molecule has 0 saturated carbocycles. The number of anilines is 1. The molecule has 0 bridgehead atoms. The molecule has 3 N–H and O–H groups in total. The van der Waals surface area contributed by atoms with Crippen molar-refractivity contribution in [1.82, 2.24) is 9.97 Å². The van der Waals surface area contributed by atoms with Crippen molar-refractivity contribution in [3.8, 4) is 5.75 Å². The summed E-state index contributed by atoms with van der Waals surface area (Å²) < 4.78 is 23.6. The maximum absolute atomic E-state index is 12.5. The lowest BCUT2D eigenvalue weighted by atomic mass is 10.3. The summed E-state index contributed by atoms with van der Waals surface area (Å²) >= 11 is 0. The van der Waals surface area contributed by atoms with E-state index in [1.807, 2.05) is 12.1 Å². The smallest absolute Gasteiger partial charge is 0.295 e. The van der Waals surface area contributed by atoms with Gasteiger partial charge >= 0.3 is 0 Å². The Labute approximate surface area is 138 Å². The summed E-state index contributed by atoms with van der Waals surface area (Å²) in [6.45, 7) is 0.795. The fraction of sp³-hybridized carbons (Fsp3) is 0.176. The van der Waals surface area contributed by atoms with Gasteiger partial charge in [-0.1, -0.05) is 0 Å². The summed E-state index contributed by atoms with van der Waals surface area (Å²) in [6.07, 6.45) is 3.93. The van der Waals surface area contributed by atoms with Crippen LogP contribution in [-0.4, -0.2) is 23.1 Å². The van der Waals surface area contributed by atoms with Crippen LogP contribution in [0.1, 0.15) is 5.56 Å². The van der Waals surface area contributed by atoms with Crippen LogP contribution >= 0.6 is 0 Å². The van der Waals surface area contributed by atoms with E-state index >= 15 is 0 Å². The van der Waals surface area contributed by atoms with Crippen LogP contribution in [0.25, 0.3) is 11.1 Å². The molecule has 0 atom stereocenters. The molecule has 0 aliphatic heterocycles. The summed E-state index contributed by atoms with van der Waals surface area (Å²) in [7, 11) is 0. The maximum Gasteiger partial charge on any atom is 0.295 e. The third-order valence-electron chi connectivity index (χ3n) is 3.39. The first-order valence-corrected chi connectivity index (χ1v) is 7.43. The first-order chi connectivity index (χ1) is 11.8. The van der Waals surface area contributed by atoms with Crippen LogP contribution in [0.3, 0.4) is 0 Å². The van der Waals surface area contributed by atoms with Gasteiger partial charge in [0.2, 0.25) is 0 Å². The summed E-state index contributed by atoms with van der Waals surface area (Å²) in [4.78, 5) is 8.33. The molecule has 0 unspecified atom stereocenters. The Morgan fingerprint density at radius 2 is 2.12 bits per heavy atom. The Hall–Kier alpha value is -2.93. The van der Waals surface area contributed by atoms with Crippen LogP contribution in [0.2, 0.25) is 0 Å². The van der Waals surface area contributed by atoms with Crippen molar-refractivity contribution >= 4 is 17.1 Å². The van der Waals surface area contributed by atoms with Crippen molar-refractivity contribution in [2.75, 3.05) is 18.5 Å². The number of nitrogens with two attached hydrogens (primary N) is 1. The molecule has 6 nitrogen and oxygen atoms in total. The van der Waals surface area contributed by atoms with Gasteiger partial charge in [0.1, 0.15) is 17.9 Å². The molecule has 0 fully saturated rings. The Bertz CT molecular complexity index is 833. The highest BCUT2D eigenvalue weighted by Gasteiger charge is 2.07. The van der Waals surface area contributed by atoms with Crippen LogP contribution in [0, 0.1) is 0 Å². The quantitative estimate of drug-likeness (QED) is 0.693. The predicted octanol–water partition coefficient (Wildman–Crippen LogP) is 3.03.